The van der Waals surface area contributed by atoms with Crippen molar-refractivity contribution in [3.63, 3.8) is 0 Å². The van der Waals surface area contributed by atoms with Gasteiger partial charge in [-0.05, 0) is 36.1 Å². The quantitative estimate of drug-likeness (QED) is 0.805. The van der Waals surface area contributed by atoms with Crippen LogP contribution >= 0.6 is 0 Å². The molecule has 0 spiro atoms. The van der Waals surface area contributed by atoms with Gasteiger partial charge in [-0.25, -0.2) is 17.1 Å². The van der Waals surface area contributed by atoms with Gasteiger partial charge in [-0.3, -0.25) is 4.79 Å². The van der Waals surface area contributed by atoms with E-state index in [4.69, 9.17) is 0 Å². The molecular formula is C21H25FN2O3S. The Bertz CT molecular complexity index is 906. The van der Waals surface area contributed by atoms with Gasteiger partial charge in [-0.2, -0.15) is 0 Å². The normalized spacial score (nSPS) is 17.2. The predicted molar refractivity (Wildman–Crippen MR) is 106 cm³/mol. The molecule has 0 atom stereocenters. The first-order valence-corrected chi connectivity index (χ1v) is 10.9. The van der Waals surface area contributed by atoms with Crippen molar-refractivity contribution in [2.75, 3.05) is 13.1 Å². The van der Waals surface area contributed by atoms with Crippen molar-refractivity contribution in [3.05, 3.63) is 71.5 Å². The van der Waals surface area contributed by atoms with Gasteiger partial charge in [0.2, 0.25) is 15.9 Å². The summed E-state index contributed by atoms with van der Waals surface area (Å²) >= 11 is 0. The molecule has 1 aliphatic rings. The zero-order valence-electron chi connectivity index (χ0n) is 15.9. The fourth-order valence-electron chi connectivity index (χ4n) is 3.36. The lowest BCUT2D eigenvalue weighted by Gasteiger charge is -2.37. The Morgan fingerprint density at radius 3 is 2.25 bits per heavy atom. The zero-order valence-corrected chi connectivity index (χ0v) is 16.7. The molecule has 5 nitrogen and oxygen atoms in total. The van der Waals surface area contributed by atoms with E-state index >= 15 is 0 Å². The largest absolute Gasteiger partial charge is 0.352 e. The van der Waals surface area contributed by atoms with Gasteiger partial charge in [0.05, 0.1) is 5.75 Å². The first-order valence-electron chi connectivity index (χ1n) is 9.33. The van der Waals surface area contributed by atoms with Crippen molar-refractivity contribution in [1.82, 2.24) is 9.62 Å². The number of rotatable bonds is 6. The van der Waals surface area contributed by atoms with Gasteiger partial charge in [0, 0.05) is 25.0 Å². The molecule has 150 valence electrons. The second-order valence-electron chi connectivity index (χ2n) is 7.51. The number of hydrogen-bond donors (Lipinski definition) is 1. The Balaban J connectivity index is 1.55. The minimum absolute atomic E-state index is 0.0265. The molecule has 1 fully saturated rings. The van der Waals surface area contributed by atoms with Crippen LogP contribution in [-0.2, 0) is 27.1 Å². The Morgan fingerprint density at radius 1 is 1.04 bits per heavy atom. The van der Waals surface area contributed by atoms with Crippen molar-refractivity contribution in [2.45, 2.75) is 32.1 Å². The summed E-state index contributed by atoms with van der Waals surface area (Å²) < 4.78 is 39.8. The highest BCUT2D eigenvalue weighted by Crippen LogP contribution is 2.32. The van der Waals surface area contributed by atoms with Crippen LogP contribution < -0.4 is 5.32 Å². The smallest absolute Gasteiger partial charge is 0.226 e. The molecular weight excluding hydrogens is 379 g/mol. The second kappa shape index (κ2) is 8.41. The highest BCUT2D eigenvalue weighted by atomic mass is 32.2. The van der Waals surface area contributed by atoms with Crippen molar-refractivity contribution in [2.24, 2.45) is 5.41 Å². The lowest BCUT2D eigenvalue weighted by atomic mass is 9.80. The van der Waals surface area contributed by atoms with Gasteiger partial charge in [0.1, 0.15) is 5.82 Å². The summed E-state index contributed by atoms with van der Waals surface area (Å²) in [6.07, 6.45) is 0.937. The minimum Gasteiger partial charge on any atom is -0.352 e. The van der Waals surface area contributed by atoms with Crippen LogP contribution in [0.1, 0.15) is 30.9 Å². The van der Waals surface area contributed by atoms with Gasteiger partial charge in [0.25, 0.3) is 0 Å². The molecule has 1 N–H and O–H groups in total. The molecule has 2 aromatic carbocycles. The van der Waals surface area contributed by atoms with Crippen LogP contribution in [0, 0.1) is 11.2 Å². The number of carbonyl (C=O) groups is 1. The maximum absolute atomic E-state index is 13.0. The number of nitrogens with zero attached hydrogens (tertiary/aromatic N) is 1. The highest BCUT2D eigenvalue weighted by Gasteiger charge is 2.39. The molecule has 1 saturated heterocycles. The predicted octanol–water partition coefficient (Wildman–Crippen LogP) is 3.07. The fraction of sp³-hybridized carbons (Fsp3) is 0.381. The molecule has 7 heteroatoms. The van der Waals surface area contributed by atoms with Crippen LogP contribution in [0.25, 0.3) is 0 Å². The fourth-order valence-corrected chi connectivity index (χ4v) is 4.89. The number of carbonyl (C=O) groups excluding carboxylic acids is 1. The molecule has 2 aromatic rings. The number of halogens is 1. The number of amides is 1. The highest BCUT2D eigenvalue weighted by molar-refractivity contribution is 7.88. The Labute approximate surface area is 165 Å². The van der Waals surface area contributed by atoms with Crippen molar-refractivity contribution in [3.8, 4) is 0 Å². The Morgan fingerprint density at radius 2 is 1.64 bits per heavy atom. The van der Waals surface area contributed by atoms with E-state index in [9.17, 15) is 17.6 Å². The van der Waals surface area contributed by atoms with Gasteiger partial charge in [-0.1, -0.05) is 49.4 Å². The molecule has 3 rings (SSSR count). The minimum atomic E-state index is -3.41. The number of nitrogens with one attached hydrogen (secondary N) is 1. The lowest BCUT2D eigenvalue weighted by Crippen LogP contribution is -2.48. The number of piperidine rings is 1. The van der Waals surface area contributed by atoms with Crippen molar-refractivity contribution in [1.29, 1.82) is 0 Å². The summed E-state index contributed by atoms with van der Waals surface area (Å²) in [6, 6.07) is 15.1. The molecule has 0 bridgehead atoms. The van der Waals surface area contributed by atoms with Gasteiger partial charge >= 0.3 is 0 Å². The molecule has 0 aromatic heterocycles. The van der Waals surface area contributed by atoms with Gasteiger partial charge in [0.15, 0.2) is 0 Å². The molecule has 1 amide bonds. The maximum Gasteiger partial charge on any atom is 0.226 e. The van der Waals surface area contributed by atoms with E-state index in [1.54, 1.807) is 24.3 Å². The van der Waals surface area contributed by atoms with Crippen LogP contribution in [0.3, 0.4) is 0 Å². The molecule has 28 heavy (non-hydrogen) atoms. The summed E-state index contributed by atoms with van der Waals surface area (Å²) in [4.78, 5) is 12.7. The lowest BCUT2D eigenvalue weighted by molar-refractivity contribution is -0.132. The first-order chi connectivity index (χ1) is 13.3. The summed E-state index contributed by atoms with van der Waals surface area (Å²) in [6.45, 7) is 2.85. The van der Waals surface area contributed by atoms with E-state index in [0.717, 1.165) is 11.1 Å². The van der Waals surface area contributed by atoms with E-state index in [1.165, 1.54) is 16.4 Å². The van der Waals surface area contributed by atoms with Crippen LogP contribution in [0.4, 0.5) is 4.39 Å². The number of hydrogen-bond acceptors (Lipinski definition) is 3. The van der Waals surface area contributed by atoms with Crippen LogP contribution in [0.2, 0.25) is 0 Å². The summed E-state index contributed by atoms with van der Waals surface area (Å²) in [7, 11) is -3.41. The second-order valence-corrected chi connectivity index (χ2v) is 9.48. The summed E-state index contributed by atoms with van der Waals surface area (Å²) in [5.74, 6) is -0.440. The average molecular weight is 405 g/mol. The molecule has 0 saturated carbocycles. The van der Waals surface area contributed by atoms with E-state index < -0.39 is 15.4 Å². The molecule has 1 heterocycles. The van der Waals surface area contributed by atoms with Crippen molar-refractivity contribution < 1.29 is 17.6 Å². The Kier molecular flexibility index (Phi) is 6.15. The third-order valence-corrected chi connectivity index (χ3v) is 7.18. The summed E-state index contributed by atoms with van der Waals surface area (Å²) in [5, 5.41) is 2.89. The summed E-state index contributed by atoms with van der Waals surface area (Å²) in [5.41, 5.74) is 0.966. The SMILES string of the molecule is CC1(C(=O)NCc2ccc(F)cc2)CCN(S(=O)(=O)Cc2ccccc2)CC1. The van der Waals surface area contributed by atoms with Crippen molar-refractivity contribution >= 4 is 15.9 Å². The van der Waals surface area contributed by atoms with E-state index in [2.05, 4.69) is 5.32 Å². The van der Waals surface area contributed by atoms with Crippen LogP contribution in [0.15, 0.2) is 54.6 Å². The third kappa shape index (κ3) is 4.97. The number of benzene rings is 2. The molecule has 0 radical (unpaired) electrons. The molecule has 0 aliphatic carbocycles. The van der Waals surface area contributed by atoms with Gasteiger partial charge in [-0.15, -0.1) is 0 Å². The first kappa shape index (κ1) is 20.5. The van der Waals surface area contributed by atoms with E-state index in [0.29, 0.717) is 32.5 Å². The third-order valence-electron chi connectivity index (χ3n) is 5.33. The monoisotopic (exact) mass is 404 g/mol. The standard InChI is InChI=1S/C21H25FN2O3S/c1-21(20(25)23-15-17-7-9-19(22)10-8-17)11-13-24(14-12-21)28(26,27)16-18-5-3-2-4-6-18/h2-10H,11-16H2,1H3,(H,23,25). The maximum atomic E-state index is 13.0. The van der Waals surface area contributed by atoms with Crippen LogP contribution in [-0.4, -0.2) is 31.7 Å². The van der Waals surface area contributed by atoms with E-state index in [-0.39, 0.29) is 17.5 Å². The topological polar surface area (TPSA) is 66.5 Å². The zero-order chi connectivity index (χ0) is 20.2. The van der Waals surface area contributed by atoms with Gasteiger partial charge < -0.3 is 5.32 Å². The molecule has 0 unspecified atom stereocenters. The Hall–Kier alpha value is -2.25. The molecule has 1 aliphatic heterocycles. The van der Waals surface area contributed by atoms with Crippen LogP contribution in [0.5, 0.6) is 0 Å². The average Bonchev–Trinajstić information content (AvgIpc) is 2.68. The number of sulfonamides is 1. The van der Waals surface area contributed by atoms with E-state index in [1.807, 2.05) is 25.1 Å².